The molecule has 0 aromatic rings. The number of imide groups is 1. The number of thioether (sulfide) groups is 1. The Balaban J connectivity index is 2.43. The van der Waals surface area contributed by atoms with Gasteiger partial charge in [-0.2, -0.15) is 11.8 Å². The highest BCUT2D eigenvalue weighted by Crippen LogP contribution is 2.21. The van der Waals surface area contributed by atoms with Crippen molar-refractivity contribution in [3.63, 3.8) is 0 Å². The fourth-order valence-electron chi connectivity index (χ4n) is 1.36. The molecule has 1 saturated heterocycles. The zero-order valence-corrected chi connectivity index (χ0v) is 9.93. The number of urea groups is 1. The van der Waals surface area contributed by atoms with Crippen molar-refractivity contribution in [2.24, 2.45) is 0 Å². The van der Waals surface area contributed by atoms with Crippen molar-refractivity contribution in [3.05, 3.63) is 0 Å². The number of ether oxygens (including phenoxy) is 1. The molecule has 1 rings (SSSR count). The molecular weight excluding hydrogens is 232 g/mol. The average molecular weight is 246 g/mol. The topological polar surface area (TPSA) is 84.5 Å². The van der Waals surface area contributed by atoms with E-state index < -0.39 is 11.9 Å². The SMILES string of the molecule is CC(=O)NC(=O)N[C@@H]1CSC[C@@H]1OC(C)=O. The number of hydrogen-bond acceptors (Lipinski definition) is 5. The molecule has 3 amide bonds. The average Bonchev–Trinajstić information content (AvgIpc) is 2.50. The molecule has 0 aromatic carbocycles. The number of hydrogen-bond donors (Lipinski definition) is 2. The first-order valence-electron chi connectivity index (χ1n) is 4.82. The van der Waals surface area contributed by atoms with Gasteiger partial charge in [0.15, 0.2) is 0 Å². The molecule has 1 aliphatic heterocycles. The fraction of sp³-hybridized carbons (Fsp3) is 0.667. The smallest absolute Gasteiger partial charge is 0.321 e. The van der Waals surface area contributed by atoms with E-state index >= 15 is 0 Å². The quantitative estimate of drug-likeness (QED) is 0.663. The Morgan fingerprint density at radius 1 is 1.25 bits per heavy atom. The minimum atomic E-state index is -0.558. The lowest BCUT2D eigenvalue weighted by molar-refractivity contribution is -0.146. The van der Waals surface area contributed by atoms with Crippen LogP contribution in [0.15, 0.2) is 0 Å². The van der Waals surface area contributed by atoms with E-state index in [0.717, 1.165) is 0 Å². The first-order chi connectivity index (χ1) is 7.49. The first kappa shape index (κ1) is 12.8. The van der Waals surface area contributed by atoms with E-state index in [1.54, 1.807) is 11.8 Å². The minimum absolute atomic E-state index is 0.242. The van der Waals surface area contributed by atoms with Crippen molar-refractivity contribution in [1.82, 2.24) is 10.6 Å². The molecule has 0 aromatic heterocycles. The van der Waals surface area contributed by atoms with E-state index in [1.807, 2.05) is 0 Å². The molecule has 0 bridgehead atoms. The molecule has 0 saturated carbocycles. The molecule has 90 valence electrons. The van der Waals surface area contributed by atoms with Gasteiger partial charge in [0.25, 0.3) is 0 Å². The molecule has 0 unspecified atom stereocenters. The summed E-state index contributed by atoms with van der Waals surface area (Å²) in [6, 6.07) is -0.801. The lowest BCUT2D eigenvalue weighted by Gasteiger charge is -2.19. The molecular formula is C9H14N2O4S. The number of nitrogens with one attached hydrogen (secondary N) is 2. The monoisotopic (exact) mass is 246 g/mol. The molecule has 16 heavy (non-hydrogen) atoms. The number of amides is 3. The van der Waals surface area contributed by atoms with Gasteiger partial charge >= 0.3 is 12.0 Å². The maximum Gasteiger partial charge on any atom is 0.321 e. The van der Waals surface area contributed by atoms with Crippen LogP contribution in [-0.4, -0.2) is 41.6 Å². The summed E-state index contributed by atoms with van der Waals surface area (Å²) in [6.45, 7) is 2.59. The van der Waals surface area contributed by atoms with Crippen LogP contribution in [0.1, 0.15) is 13.8 Å². The van der Waals surface area contributed by atoms with Crippen molar-refractivity contribution in [1.29, 1.82) is 0 Å². The van der Waals surface area contributed by atoms with Gasteiger partial charge in [-0.15, -0.1) is 0 Å². The molecule has 0 aliphatic carbocycles. The lowest BCUT2D eigenvalue weighted by Crippen LogP contribution is -2.49. The largest absolute Gasteiger partial charge is 0.459 e. The third-order valence-corrected chi connectivity index (χ3v) is 3.11. The van der Waals surface area contributed by atoms with E-state index in [9.17, 15) is 14.4 Å². The second-order valence-electron chi connectivity index (χ2n) is 3.45. The van der Waals surface area contributed by atoms with Crippen LogP contribution < -0.4 is 10.6 Å². The van der Waals surface area contributed by atoms with Crippen molar-refractivity contribution >= 4 is 29.7 Å². The van der Waals surface area contributed by atoms with Gasteiger partial charge in [0.05, 0.1) is 6.04 Å². The van der Waals surface area contributed by atoms with Gasteiger partial charge in [-0.1, -0.05) is 0 Å². The Hall–Kier alpha value is -1.24. The molecule has 2 atom stereocenters. The summed E-state index contributed by atoms with van der Waals surface area (Å²) in [5.74, 6) is 0.534. The van der Waals surface area contributed by atoms with E-state index in [2.05, 4.69) is 10.6 Å². The summed E-state index contributed by atoms with van der Waals surface area (Å²) >= 11 is 1.59. The van der Waals surface area contributed by atoms with Crippen LogP contribution in [0.3, 0.4) is 0 Å². The zero-order chi connectivity index (χ0) is 12.1. The van der Waals surface area contributed by atoms with Gasteiger partial charge in [0, 0.05) is 25.4 Å². The van der Waals surface area contributed by atoms with Crippen molar-refractivity contribution < 1.29 is 19.1 Å². The van der Waals surface area contributed by atoms with Crippen LogP contribution >= 0.6 is 11.8 Å². The van der Waals surface area contributed by atoms with Gasteiger partial charge in [-0.3, -0.25) is 14.9 Å². The number of carbonyl (C=O) groups excluding carboxylic acids is 3. The second kappa shape index (κ2) is 5.74. The summed E-state index contributed by atoms with van der Waals surface area (Å²) in [6.07, 6.45) is -0.319. The minimum Gasteiger partial charge on any atom is -0.459 e. The normalized spacial score (nSPS) is 23.6. The molecule has 0 spiro atoms. The number of carbonyl (C=O) groups is 3. The Kier molecular flexibility index (Phi) is 4.60. The highest BCUT2D eigenvalue weighted by molar-refractivity contribution is 7.99. The van der Waals surface area contributed by atoms with E-state index in [4.69, 9.17) is 4.74 Å². The Bertz CT molecular complexity index is 308. The molecule has 7 heteroatoms. The third-order valence-electron chi connectivity index (χ3n) is 1.95. The maximum absolute atomic E-state index is 11.2. The van der Waals surface area contributed by atoms with Crippen molar-refractivity contribution in [2.45, 2.75) is 26.0 Å². The van der Waals surface area contributed by atoms with Gasteiger partial charge in [0.2, 0.25) is 5.91 Å². The van der Waals surface area contributed by atoms with Crippen LogP contribution in [0.25, 0.3) is 0 Å². The summed E-state index contributed by atoms with van der Waals surface area (Å²) in [5.41, 5.74) is 0. The molecule has 0 radical (unpaired) electrons. The zero-order valence-electron chi connectivity index (χ0n) is 9.11. The predicted molar refractivity (Wildman–Crippen MR) is 59.0 cm³/mol. The number of rotatable bonds is 2. The molecule has 1 aliphatic rings. The lowest BCUT2D eigenvalue weighted by atomic mass is 10.2. The Morgan fingerprint density at radius 2 is 1.94 bits per heavy atom. The summed E-state index contributed by atoms with van der Waals surface area (Å²) in [7, 11) is 0. The van der Waals surface area contributed by atoms with E-state index in [0.29, 0.717) is 11.5 Å². The molecule has 2 N–H and O–H groups in total. The summed E-state index contributed by atoms with van der Waals surface area (Å²) in [5, 5.41) is 4.70. The van der Waals surface area contributed by atoms with Crippen LogP contribution in [0.4, 0.5) is 4.79 Å². The standard InChI is InChI=1S/C9H14N2O4S/c1-5(12)10-9(14)11-7-3-16-4-8(7)15-6(2)13/h7-8H,3-4H2,1-2H3,(H2,10,11,12,14)/t7-,8+/m1/s1. The fourth-order valence-corrected chi connectivity index (χ4v) is 2.58. The molecule has 1 heterocycles. The van der Waals surface area contributed by atoms with Crippen molar-refractivity contribution in [3.8, 4) is 0 Å². The van der Waals surface area contributed by atoms with Gasteiger partial charge in [-0.25, -0.2) is 4.79 Å². The second-order valence-corrected chi connectivity index (χ2v) is 4.52. The summed E-state index contributed by atoms with van der Waals surface area (Å²) in [4.78, 5) is 32.7. The van der Waals surface area contributed by atoms with Crippen LogP contribution in [-0.2, 0) is 14.3 Å². The van der Waals surface area contributed by atoms with Crippen LogP contribution in [0.2, 0.25) is 0 Å². The van der Waals surface area contributed by atoms with Gasteiger partial charge in [-0.05, 0) is 0 Å². The highest BCUT2D eigenvalue weighted by Gasteiger charge is 2.31. The van der Waals surface area contributed by atoms with E-state index in [1.165, 1.54) is 13.8 Å². The van der Waals surface area contributed by atoms with Gasteiger partial charge in [0.1, 0.15) is 6.10 Å². The molecule has 1 fully saturated rings. The Morgan fingerprint density at radius 3 is 2.50 bits per heavy atom. The molecule has 6 nitrogen and oxygen atoms in total. The first-order valence-corrected chi connectivity index (χ1v) is 5.97. The number of esters is 1. The maximum atomic E-state index is 11.2. The Labute approximate surface area is 97.5 Å². The summed E-state index contributed by atoms with van der Waals surface area (Å²) < 4.78 is 5.04. The van der Waals surface area contributed by atoms with Crippen LogP contribution in [0, 0.1) is 0 Å². The van der Waals surface area contributed by atoms with Crippen molar-refractivity contribution in [2.75, 3.05) is 11.5 Å². The highest BCUT2D eigenvalue weighted by atomic mass is 32.2. The van der Waals surface area contributed by atoms with E-state index in [-0.39, 0.29) is 18.1 Å². The van der Waals surface area contributed by atoms with Gasteiger partial charge < -0.3 is 10.1 Å². The third kappa shape index (κ3) is 4.09. The predicted octanol–water partition coefficient (Wildman–Crippen LogP) is -0.121. The van der Waals surface area contributed by atoms with Crippen LogP contribution in [0.5, 0.6) is 0 Å².